The predicted octanol–water partition coefficient (Wildman–Crippen LogP) is 1.24. The summed E-state index contributed by atoms with van der Waals surface area (Å²) in [6.45, 7) is 47.1. The van der Waals surface area contributed by atoms with Crippen LogP contribution in [0.2, 0.25) is 0 Å². The third-order valence-corrected chi connectivity index (χ3v) is 0.940. The summed E-state index contributed by atoms with van der Waals surface area (Å²) in [7, 11) is 0. The molecule has 0 aliphatic heterocycles. The van der Waals surface area contributed by atoms with Gasteiger partial charge in [0, 0.05) is 37.1 Å². The molecule has 1 rings (SSSR count). The zero-order chi connectivity index (χ0) is 25.1. The van der Waals surface area contributed by atoms with Gasteiger partial charge in [-0.1, -0.05) is 6.92 Å². The van der Waals surface area contributed by atoms with Crippen LogP contribution in [0.4, 0.5) is 0 Å². The Balaban J connectivity index is -0.0000000117. The van der Waals surface area contributed by atoms with Gasteiger partial charge >= 0.3 is 113 Å². The number of hydrogen-bond acceptors (Lipinski definition) is 0. The van der Waals surface area contributed by atoms with Gasteiger partial charge in [-0.15, -0.1) is 0 Å². The van der Waals surface area contributed by atoms with Gasteiger partial charge in [-0.2, -0.15) is 0 Å². The van der Waals surface area contributed by atoms with Crippen molar-refractivity contribution in [3.8, 4) is 0 Å². The fraction of sp³-hybridized carbons (Fsp3) is 0.0588. The van der Waals surface area contributed by atoms with E-state index in [0.717, 1.165) is 0 Å². The van der Waals surface area contributed by atoms with Crippen molar-refractivity contribution in [1.29, 1.82) is 0 Å². The zero-order valence-electron chi connectivity index (χ0n) is 14.4. The first-order chi connectivity index (χ1) is 13.4. The molecule has 0 amide bonds. The Bertz CT molecular complexity index is 282. The molecule has 1 aliphatic rings. The zero-order valence-corrected chi connectivity index (χ0v) is 17.2. The molecule has 0 spiro atoms. The second-order valence-electron chi connectivity index (χ2n) is 1.65. The molecule has 0 N–H and O–H groups in total. The van der Waals surface area contributed by atoms with Crippen molar-refractivity contribution in [2.24, 2.45) is 0 Å². The van der Waals surface area contributed by atoms with E-state index in [1.54, 1.807) is 0 Å². The summed E-state index contributed by atoms with van der Waals surface area (Å²) >= 11 is 0. The van der Waals surface area contributed by atoms with E-state index in [-0.39, 0.29) is 37.1 Å². The summed E-state index contributed by atoms with van der Waals surface area (Å²) in [5, 5.41) is 0. The maximum absolute atomic E-state index is 7.50. The normalized spacial score (nSPS) is 6.79. The molecule has 1 aliphatic carbocycles. The molecule has 29 heavy (non-hydrogen) atoms. The Kier molecular flexibility index (Phi) is 1110. The average molecular weight is 474 g/mol. The Morgan fingerprint density at radius 2 is 0.517 bits per heavy atom. The number of hydrogen-bond donors (Lipinski definition) is 0. The fourth-order valence-corrected chi connectivity index (χ4v) is 0.534. The molecule has 0 aromatic carbocycles. The Hall–Kier alpha value is -1.43. The Labute approximate surface area is 194 Å². The average Bonchev–Trinajstić information content (AvgIpc) is 2.87. The largest absolute Gasteiger partial charge is 0 e. The quantitative estimate of drug-likeness (QED) is 0.360. The van der Waals surface area contributed by atoms with Gasteiger partial charge in [-0.25, -0.2) is 0 Å². The van der Waals surface area contributed by atoms with Crippen LogP contribution in [0, 0.1) is 105 Å². The van der Waals surface area contributed by atoms with Crippen LogP contribution in [0.3, 0.4) is 0 Å². The molecule has 12 heteroatoms. The monoisotopic (exact) mass is 474 g/mol. The maximum atomic E-state index is 7.50. The van der Waals surface area contributed by atoms with Crippen molar-refractivity contribution in [2.45, 2.75) is 6.92 Å². The summed E-state index contributed by atoms with van der Waals surface area (Å²) < 4.78 is 75.0. The smallest absolute Gasteiger partial charge is 0 e. The Morgan fingerprint density at radius 1 is 0.379 bits per heavy atom. The van der Waals surface area contributed by atoms with Gasteiger partial charge in [-0.3, -0.25) is 0 Å². The van der Waals surface area contributed by atoms with Crippen LogP contribution < -0.4 is 0 Å². The molecule has 0 heterocycles. The van der Waals surface area contributed by atoms with E-state index < -0.39 is 0 Å². The molecule has 0 aromatic heterocycles. The van der Waals surface area contributed by atoms with Crippen LogP contribution in [0.1, 0.15) is 6.92 Å². The molecule has 0 bridgehead atoms. The second kappa shape index (κ2) is 403. The van der Waals surface area contributed by atoms with Gasteiger partial charge in [0.15, 0.2) is 0 Å². The molecule has 10 nitrogen and oxygen atoms in total. The summed E-state index contributed by atoms with van der Waals surface area (Å²) in [5.74, 6) is 1.32. The molecule has 8 radical (unpaired) electrons. The van der Waals surface area contributed by atoms with Crippen LogP contribution >= 0.6 is 0 Å². The second-order valence-corrected chi connectivity index (χ2v) is 1.65. The van der Waals surface area contributed by atoms with Gasteiger partial charge in [0.1, 0.15) is 0 Å². The molecule has 1 fully saturated rings. The van der Waals surface area contributed by atoms with Crippen LogP contribution in [-0.4, -0.2) is 0 Å². The molecule has 0 aromatic rings. The SMILES string of the molecule is C[C]1[CH][CH][CH][CH][CH]1.[C-]#[O+].[C-]#[O+].[C-]#[O+].[C-]#[O+].[C-]#[O+].[C-]#[O+].[C-]#[O+].[C-]#[O+].[C-]#[O+].[C-]#[O+].[V].[V]. The van der Waals surface area contributed by atoms with Crippen molar-refractivity contribution in [1.82, 2.24) is 0 Å². The minimum Gasteiger partial charge on any atom is 0 e. The van der Waals surface area contributed by atoms with E-state index >= 15 is 0 Å². The van der Waals surface area contributed by atoms with Crippen molar-refractivity contribution in [3.63, 3.8) is 0 Å². The van der Waals surface area contributed by atoms with Crippen LogP contribution in [0.25, 0.3) is 0 Å². The Morgan fingerprint density at radius 3 is 0.586 bits per heavy atom. The van der Waals surface area contributed by atoms with Gasteiger partial charge in [0.05, 0.1) is 0 Å². The topological polar surface area (TPSA) is 199 Å². The minimum atomic E-state index is 0. The molecule has 146 valence electrons. The van der Waals surface area contributed by atoms with Gasteiger partial charge in [0.25, 0.3) is 0 Å². The molecular formula is C17H8O10V2. The fourth-order valence-electron chi connectivity index (χ4n) is 0.534. The summed E-state index contributed by atoms with van der Waals surface area (Å²) in [6.07, 6.45) is 10.3. The summed E-state index contributed by atoms with van der Waals surface area (Å²) in [5.41, 5.74) is 0. The van der Waals surface area contributed by atoms with Crippen molar-refractivity contribution < 1.29 is 83.6 Å². The first kappa shape index (κ1) is 80.3. The molecule has 0 unspecified atom stereocenters. The molecule has 0 saturated heterocycles. The van der Waals surface area contributed by atoms with Crippen LogP contribution in [0.5, 0.6) is 0 Å². The molecular weight excluding hydrogens is 466 g/mol. The van der Waals surface area contributed by atoms with Crippen LogP contribution in [0.15, 0.2) is 0 Å². The van der Waals surface area contributed by atoms with Crippen molar-refractivity contribution in [3.05, 3.63) is 105 Å². The summed E-state index contributed by atoms with van der Waals surface area (Å²) in [6, 6.07) is 0. The molecule has 1 saturated carbocycles. The van der Waals surface area contributed by atoms with E-state index in [9.17, 15) is 0 Å². The van der Waals surface area contributed by atoms with E-state index in [1.807, 2.05) is 19.3 Å². The standard InChI is InChI=1S/C7H8.10CO.2V/c1-7-5-3-2-4-6-7;10*1-2;;/h2-6H,1H3;;;;;;;;;;;;. The first-order valence-electron chi connectivity index (χ1n) is 4.45. The van der Waals surface area contributed by atoms with E-state index in [0.29, 0.717) is 0 Å². The van der Waals surface area contributed by atoms with E-state index in [2.05, 4.69) is 86.3 Å². The van der Waals surface area contributed by atoms with Crippen molar-refractivity contribution >= 4 is 0 Å². The number of rotatable bonds is 0. The van der Waals surface area contributed by atoms with E-state index in [4.69, 9.17) is 46.5 Å². The van der Waals surface area contributed by atoms with Gasteiger partial charge < -0.3 is 0 Å². The predicted molar refractivity (Wildman–Crippen MR) is 69.7 cm³/mol. The van der Waals surface area contributed by atoms with Gasteiger partial charge in [0.2, 0.25) is 0 Å². The van der Waals surface area contributed by atoms with Gasteiger partial charge in [-0.05, 0) is 38.0 Å². The third kappa shape index (κ3) is 372. The molecule has 0 atom stereocenters. The maximum Gasteiger partial charge on any atom is 0 e. The van der Waals surface area contributed by atoms with Crippen molar-refractivity contribution in [2.75, 3.05) is 0 Å². The third-order valence-electron chi connectivity index (χ3n) is 0.940. The first-order valence-corrected chi connectivity index (χ1v) is 4.45. The summed E-state index contributed by atoms with van der Waals surface area (Å²) in [4.78, 5) is 0. The van der Waals surface area contributed by atoms with Crippen LogP contribution in [-0.2, 0) is 83.6 Å². The van der Waals surface area contributed by atoms with E-state index in [1.165, 1.54) is 5.92 Å². The minimum absolute atomic E-state index is 0.